The van der Waals surface area contributed by atoms with Crippen molar-refractivity contribution < 1.29 is 19.1 Å². The van der Waals surface area contributed by atoms with Gasteiger partial charge < -0.3 is 14.8 Å². The van der Waals surface area contributed by atoms with Gasteiger partial charge in [-0.3, -0.25) is 0 Å². The summed E-state index contributed by atoms with van der Waals surface area (Å²) < 4.78 is 9.12. The van der Waals surface area contributed by atoms with Crippen molar-refractivity contribution in [3.8, 4) is 0 Å². The van der Waals surface area contributed by atoms with Gasteiger partial charge in [0, 0.05) is 6.04 Å². The Kier molecular flexibility index (Phi) is 5.52. The molecule has 0 aromatic rings. The third-order valence-electron chi connectivity index (χ3n) is 2.83. The van der Waals surface area contributed by atoms with Gasteiger partial charge in [0.05, 0.1) is 20.3 Å². The quantitative estimate of drug-likeness (QED) is 0.590. The molecule has 0 radical (unpaired) electrons. The van der Waals surface area contributed by atoms with E-state index in [0.29, 0.717) is 0 Å². The van der Waals surface area contributed by atoms with Gasteiger partial charge in [-0.15, -0.1) is 0 Å². The fourth-order valence-corrected chi connectivity index (χ4v) is 1.91. The summed E-state index contributed by atoms with van der Waals surface area (Å²) in [4.78, 5) is 22.6. The van der Waals surface area contributed by atoms with Crippen molar-refractivity contribution in [2.45, 2.75) is 38.1 Å². The minimum atomic E-state index is -0.561. The van der Waals surface area contributed by atoms with Crippen LogP contribution in [0.3, 0.4) is 0 Å². The maximum atomic E-state index is 11.5. The summed E-state index contributed by atoms with van der Waals surface area (Å²) in [6, 6.07) is 0.235. The zero-order valence-corrected chi connectivity index (χ0v) is 10.3. The van der Waals surface area contributed by atoms with Crippen LogP contribution in [0.5, 0.6) is 0 Å². The summed E-state index contributed by atoms with van der Waals surface area (Å²) in [6.45, 7) is 0. The lowest BCUT2D eigenvalue weighted by Crippen LogP contribution is -2.34. The molecule has 5 nitrogen and oxygen atoms in total. The molecular formula is C12H19NO4. The number of hydrogen-bond acceptors (Lipinski definition) is 5. The summed E-state index contributed by atoms with van der Waals surface area (Å²) in [5.74, 6) is -1.10. The molecule has 1 rings (SSSR count). The number of carbonyl (C=O) groups is 2. The molecule has 0 saturated heterocycles. The van der Waals surface area contributed by atoms with Gasteiger partial charge in [0.25, 0.3) is 0 Å². The number of carbonyl (C=O) groups excluding carboxylic acids is 2. The van der Waals surface area contributed by atoms with Gasteiger partial charge in [0.15, 0.2) is 0 Å². The minimum absolute atomic E-state index is 0.172. The number of ether oxygens (including phenoxy) is 2. The molecule has 1 aliphatic carbocycles. The average molecular weight is 241 g/mol. The molecule has 0 bridgehead atoms. The van der Waals surface area contributed by atoms with E-state index in [1.54, 1.807) is 0 Å². The fraction of sp³-hybridized carbons (Fsp3) is 0.667. The minimum Gasteiger partial charge on any atom is -0.466 e. The van der Waals surface area contributed by atoms with Crippen LogP contribution in [0.15, 0.2) is 11.8 Å². The molecule has 1 aliphatic rings. The Hall–Kier alpha value is -1.52. The van der Waals surface area contributed by atoms with E-state index in [4.69, 9.17) is 0 Å². The molecular weight excluding hydrogens is 222 g/mol. The summed E-state index contributed by atoms with van der Waals surface area (Å²) >= 11 is 0. The van der Waals surface area contributed by atoms with Crippen molar-refractivity contribution in [2.75, 3.05) is 14.2 Å². The van der Waals surface area contributed by atoms with Crippen molar-refractivity contribution in [1.82, 2.24) is 5.32 Å². The lowest BCUT2D eigenvalue weighted by molar-refractivity contribution is -0.139. The number of methoxy groups -OCH3 is 2. The van der Waals surface area contributed by atoms with E-state index in [-0.39, 0.29) is 11.7 Å². The largest absolute Gasteiger partial charge is 0.466 e. The molecule has 0 aromatic heterocycles. The molecule has 17 heavy (non-hydrogen) atoms. The molecule has 0 aromatic carbocycles. The predicted molar refractivity (Wildman–Crippen MR) is 62.1 cm³/mol. The van der Waals surface area contributed by atoms with E-state index >= 15 is 0 Å². The van der Waals surface area contributed by atoms with Crippen LogP contribution in [-0.4, -0.2) is 32.2 Å². The van der Waals surface area contributed by atoms with Crippen LogP contribution in [0.2, 0.25) is 0 Å². The van der Waals surface area contributed by atoms with Gasteiger partial charge in [-0.2, -0.15) is 0 Å². The van der Waals surface area contributed by atoms with Crippen molar-refractivity contribution in [3.63, 3.8) is 0 Å². The maximum absolute atomic E-state index is 11.5. The monoisotopic (exact) mass is 241 g/mol. The molecule has 0 aliphatic heterocycles. The molecule has 0 atom stereocenters. The molecule has 1 fully saturated rings. The third-order valence-corrected chi connectivity index (χ3v) is 2.83. The lowest BCUT2D eigenvalue weighted by atomic mass is 9.95. The zero-order chi connectivity index (χ0) is 12.7. The van der Waals surface area contributed by atoms with E-state index < -0.39 is 11.9 Å². The summed E-state index contributed by atoms with van der Waals surface area (Å²) in [7, 11) is 2.56. The van der Waals surface area contributed by atoms with Crippen molar-refractivity contribution in [1.29, 1.82) is 0 Å². The van der Waals surface area contributed by atoms with Crippen molar-refractivity contribution in [3.05, 3.63) is 11.8 Å². The highest BCUT2D eigenvalue weighted by molar-refractivity contribution is 5.95. The molecule has 0 amide bonds. The lowest BCUT2D eigenvalue weighted by Gasteiger charge is -2.24. The highest BCUT2D eigenvalue weighted by Crippen LogP contribution is 2.18. The SMILES string of the molecule is COC(=O)/C=C(\NC1CCCCC1)C(=O)OC. The van der Waals surface area contributed by atoms with E-state index in [2.05, 4.69) is 14.8 Å². The number of rotatable bonds is 4. The molecule has 96 valence electrons. The second kappa shape index (κ2) is 6.93. The van der Waals surface area contributed by atoms with Gasteiger partial charge in [-0.05, 0) is 12.8 Å². The number of esters is 2. The van der Waals surface area contributed by atoms with Crippen LogP contribution in [-0.2, 0) is 19.1 Å². The number of nitrogens with one attached hydrogen (secondary N) is 1. The molecule has 0 unspecified atom stereocenters. The van der Waals surface area contributed by atoms with Gasteiger partial charge in [0.2, 0.25) is 0 Å². The Bertz CT molecular complexity index is 306. The average Bonchev–Trinajstić information content (AvgIpc) is 2.38. The van der Waals surface area contributed by atoms with Crippen LogP contribution in [0.1, 0.15) is 32.1 Å². The highest BCUT2D eigenvalue weighted by atomic mass is 16.5. The Morgan fingerprint density at radius 2 is 1.76 bits per heavy atom. The van der Waals surface area contributed by atoms with Crippen LogP contribution in [0, 0.1) is 0 Å². The van der Waals surface area contributed by atoms with Gasteiger partial charge in [-0.25, -0.2) is 9.59 Å². The van der Waals surface area contributed by atoms with Crippen LogP contribution < -0.4 is 5.32 Å². The first-order valence-corrected chi connectivity index (χ1v) is 5.82. The van der Waals surface area contributed by atoms with E-state index in [9.17, 15) is 9.59 Å². The first-order chi connectivity index (χ1) is 8.17. The Morgan fingerprint density at radius 1 is 1.12 bits per heavy atom. The van der Waals surface area contributed by atoms with Crippen molar-refractivity contribution in [2.24, 2.45) is 0 Å². The third kappa shape index (κ3) is 4.46. The summed E-state index contributed by atoms with van der Waals surface area (Å²) in [6.07, 6.45) is 6.67. The summed E-state index contributed by atoms with van der Waals surface area (Å²) in [5, 5.41) is 3.06. The van der Waals surface area contributed by atoms with E-state index in [1.165, 1.54) is 20.6 Å². The zero-order valence-electron chi connectivity index (χ0n) is 10.3. The maximum Gasteiger partial charge on any atom is 0.354 e. The van der Waals surface area contributed by atoms with Crippen molar-refractivity contribution >= 4 is 11.9 Å². The number of hydrogen-bond donors (Lipinski definition) is 1. The highest BCUT2D eigenvalue weighted by Gasteiger charge is 2.19. The molecule has 1 saturated carbocycles. The van der Waals surface area contributed by atoms with E-state index in [0.717, 1.165) is 31.8 Å². The van der Waals surface area contributed by atoms with Gasteiger partial charge in [0.1, 0.15) is 5.70 Å². The normalized spacial score (nSPS) is 17.4. The smallest absolute Gasteiger partial charge is 0.354 e. The Balaban J connectivity index is 2.65. The fourth-order valence-electron chi connectivity index (χ4n) is 1.91. The second-order valence-electron chi connectivity index (χ2n) is 4.05. The first kappa shape index (κ1) is 13.5. The Labute approximate surface area is 101 Å². The molecule has 1 N–H and O–H groups in total. The van der Waals surface area contributed by atoms with Crippen LogP contribution >= 0.6 is 0 Å². The van der Waals surface area contributed by atoms with Gasteiger partial charge in [-0.1, -0.05) is 19.3 Å². The van der Waals surface area contributed by atoms with Crippen LogP contribution in [0.4, 0.5) is 0 Å². The molecule has 0 spiro atoms. The second-order valence-corrected chi connectivity index (χ2v) is 4.05. The first-order valence-electron chi connectivity index (χ1n) is 5.82. The molecule has 5 heteroatoms. The standard InChI is InChI=1S/C12H19NO4/c1-16-11(14)8-10(12(15)17-2)13-9-6-4-3-5-7-9/h8-9,13H,3-7H2,1-2H3/b10-8-. The predicted octanol–water partition coefficient (Wildman–Crippen LogP) is 1.14. The van der Waals surface area contributed by atoms with Crippen LogP contribution in [0.25, 0.3) is 0 Å². The molecule has 0 heterocycles. The summed E-state index contributed by atoms with van der Waals surface area (Å²) in [5.41, 5.74) is 0.172. The van der Waals surface area contributed by atoms with Gasteiger partial charge >= 0.3 is 11.9 Å². The topological polar surface area (TPSA) is 64.6 Å². The van der Waals surface area contributed by atoms with E-state index in [1.807, 2.05) is 0 Å². The Morgan fingerprint density at radius 3 is 2.29 bits per heavy atom.